The molecule has 1 aliphatic heterocycles. The molecule has 4 N–H and O–H groups in total. The molecular formula is C22H22N4O3. The molecule has 0 spiro atoms. The van der Waals surface area contributed by atoms with Crippen LogP contribution in [0.25, 0.3) is 10.9 Å². The average Bonchev–Trinajstić information content (AvgIpc) is 3.09. The van der Waals surface area contributed by atoms with E-state index in [0.717, 1.165) is 16.5 Å². The molecule has 29 heavy (non-hydrogen) atoms. The van der Waals surface area contributed by atoms with Gasteiger partial charge in [0.15, 0.2) is 0 Å². The highest BCUT2D eigenvalue weighted by atomic mass is 16.2. The number of carbonyl (C=O) groups is 3. The van der Waals surface area contributed by atoms with Crippen molar-refractivity contribution >= 4 is 34.3 Å². The number of carbonyl (C=O) groups excluding carboxylic acids is 3. The highest BCUT2D eigenvalue weighted by Crippen LogP contribution is 2.19. The van der Waals surface area contributed by atoms with Gasteiger partial charge in [-0.2, -0.15) is 0 Å². The summed E-state index contributed by atoms with van der Waals surface area (Å²) < 4.78 is 0. The smallest absolute Gasteiger partial charge is 0.254 e. The Morgan fingerprint density at radius 2 is 1.83 bits per heavy atom. The first-order valence-electron chi connectivity index (χ1n) is 9.64. The molecule has 2 aromatic carbocycles. The standard InChI is InChI=1S/C22H22N4O3/c27-20(23-12-11-14-13-24-17-7-3-1-5-15(14)17)10-9-19-22(29)25-18-8-4-2-6-16(18)21(28)26-19/h1-8,13,19,24H,9-12H2,(H,23,27)(H,25,29)(H,26,28)/t19-/m1/s1. The Hall–Kier alpha value is -3.61. The molecule has 3 amide bonds. The predicted octanol–water partition coefficient (Wildman–Crippen LogP) is 2.36. The molecule has 0 unspecified atom stereocenters. The van der Waals surface area contributed by atoms with E-state index >= 15 is 0 Å². The zero-order valence-electron chi connectivity index (χ0n) is 15.8. The molecule has 0 aliphatic carbocycles. The molecule has 1 aliphatic rings. The van der Waals surface area contributed by atoms with E-state index in [-0.39, 0.29) is 30.6 Å². The van der Waals surface area contributed by atoms with E-state index in [2.05, 4.69) is 20.9 Å². The lowest BCUT2D eigenvalue weighted by Crippen LogP contribution is -2.42. The Morgan fingerprint density at radius 1 is 1.03 bits per heavy atom. The van der Waals surface area contributed by atoms with Crippen LogP contribution >= 0.6 is 0 Å². The highest BCUT2D eigenvalue weighted by Gasteiger charge is 2.27. The summed E-state index contributed by atoms with van der Waals surface area (Å²) in [6, 6.07) is 14.1. The largest absolute Gasteiger partial charge is 0.361 e. The van der Waals surface area contributed by atoms with Crippen LogP contribution in [0.1, 0.15) is 28.8 Å². The number of hydrogen-bond acceptors (Lipinski definition) is 3. The van der Waals surface area contributed by atoms with Crippen LogP contribution in [0.3, 0.4) is 0 Å². The van der Waals surface area contributed by atoms with Crippen molar-refractivity contribution in [2.24, 2.45) is 0 Å². The van der Waals surface area contributed by atoms with Gasteiger partial charge in [0.05, 0.1) is 11.3 Å². The SMILES string of the molecule is O=C(CC[C@H]1NC(=O)c2ccccc2NC1=O)NCCc1c[nH]c2ccccc12. The Bertz CT molecular complexity index is 1070. The number of H-pyrrole nitrogens is 1. The lowest BCUT2D eigenvalue weighted by atomic mass is 10.1. The molecule has 7 heteroatoms. The Morgan fingerprint density at radius 3 is 2.72 bits per heavy atom. The van der Waals surface area contributed by atoms with Gasteiger partial charge in [0.25, 0.3) is 5.91 Å². The molecular weight excluding hydrogens is 368 g/mol. The van der Waals surface area contributed by atoms with Crippen molar-refractivity contribution < 1.29 is 14.4 Å². The van der Waals surface area contributed by atoms with Gasteiger partial charge >= 0.3 is 0 Å². The summed E-state index contributed by atoms with van der Waals surface area (Å²) in [4.78, 5) is 40.1. The van der Waals surface area contributed by atoms with Crippen LogP contribution in [0, 0.1) is 0 Å². The molecule has 0 saturated carbocycles. The first-order chi connectivity index (χ1) is 14.1. The molecule has 4 rings (SSSR count). The average molecular weight is 390 g/mol. The number of amides is 3. The van der Waals surface area contributed by atoms with E-state index in [0.29, 0.717) is 24.2 Å². The fourth-order valence-corrected chi connectivity index (χ4v) is 3.55. The van der Waals surface area contributed by atoms with Crippen LogP contribution in [0.15, 0.2) is 54.7 Å². The topological polar surface area (TPSA) is 103 Å². The van der Waals surface area contributed by atoms with E-state index in [4.69, 9.17) is 0 Å². The third-order valence-corrected chi connectivity index (χ3v) is 5.10. The summed E-state index contributed by atoms with van der Waals surface area (Å²) in [5, 5.41) is 9.49. The third kappa shape index (κ3) is 4.13. The van der Waals surface area contributed by atoms with Crippen molar-refractivity contribution in [3.63, 3.8) is 0 Å². The monoisotopic (exact) mass is 390 g/mol. The first kappa shape index (κ1) is 18.7. The van der Waals surface area contributed by atoms with Crippen LogP contribution in [-0.4, -0.2) is 35.3 Å². The maximum atomic E-state index is 12.4. The normalized spacial score (nSPS) is 15.9. The van der Waals surface area contributed by atoms with Crippen LogP contribution < -0.4 is 16.0 Å². The van der Waals surface area contributed by atoms with Crippen molar-refractivity contribution in [2.45, 2.75) is 25.3 Å². The molecule has 0 radical (unpaired) electrons. The van der Waals surface area contributed by atoms with E-state index in [9.17, 15) is 14.4 Å². The number of aromatic nitrogens is 1. The van der Waals surface area contributed by atoms with Crippen LogP contribution in [-0.2, 0) is 16.0 Å². The summed E-state index contributed by atoms with van der Waals surface area (Å²) in [6.45, 7) is 0.509. The van der Waals surface area contributed by atoms with E-state index < -0.39 is 6.04 Å². The van der Waals surface area contributed by atoms with Gasteiger partial charge in [-0.3, -0.25) is 14.4 Å². The highest BCUT2D eigenvalue weighted by molar-refractivity contribution is 6.09. The van der Waals surface area contributed by atoms with Gasteiger partial charge in [0.2, 0.25) is 11.8 Å². The number of benzene rings is 2. The summed E-state index contributed by atoms with van der Waals surface area (Å²) in [7, 11) is 0. The van der Waals surface area contributed by atoms with E-state index in [1.807, 2.05) is 30.5 Å². The van der Waals surface area contributed by atoms with Gasteiger partial charge < -0.3 is 20.9 Å². The number of para-hydroxylation sites is 2. The third-order valence-electron chi connectivity index (χ3n) is 5.10. The maximum Gasteiger partial charge on any atom is 0.254 e. The van der Waals surface area contributed by atoms with Crippen molar-refractivity contribution in [1.82, 2.24) is 15.6 Å². The maximum absolute atomic E-state index is 12.4. The van der Waals surface area contributed by atoms with Gasteiger partial charge in [0, 0.05) is 30.1 Å². The number of hydrogen-bond donors (Lipinski definition) is 4. The fourth-order valence-electron chi connectivity index (χ4n) is 3.55. The van der Waals surface area contributed by atoms with Crippen molar-refractivity contribution in [1.29, 1.82) is 0 Å². The molecule has 1 atom stereocenters. The Kier molecular flexibility index (Phi) is 5.29. The van der Waals surface area contributed by atoms with Gasteiger partial charge in [-0.1, -0.05) is 30.3 Å². The molecule has 0 bridgehead atoms. The minimum atomic E-state index is -0.741. The summed E-state index contributed by atoms with van der Waals surface area (Å²) in [6.07, 6.45) is 3.07. The second kappa shape index (κ2) is 8.18. The predicted molar refractivity (Wildman–Crippen MR) is 111 cm³/mol. The fraction of sp³-hybridized carbons (Fsp3) is 0.227. The minimum absolute atomic E-state index is 0.145. The Balaban J connectivity index is 1.27. The molecule has 0 fully saturated rings. The van der Waals surface area contributed by atoms with Crippen molar-refractivity contribution in [3.8, 4) is 0 Å². The number of nitrogens with one attached hydrogen (secondary N) is 4. The molecule has 148 valence electrons. The Labute approximate surface area is 167 Å². The van der Waals surface area contributed by atoms with Gasteiger partial charge in [0.1, 0.15) is 6.04 Å². The summed E-state index contributed by atoms with van der Waals surface area (Å²) in [5.41, 5.74) is 3.13. The number of aromatic amines is 1. The summed E-state index contributed by atoms with van der Waals surface area (Å²) in [5.74, 6) is -0.771. The van der Waals surface area contributed by atoms with Gasteiger partial charge in [-0.15, -0.1) is 0 Å². The van der Waals surface area contributed by atoms with Crippen LogP contribution in [0.5, 0.6) is 0 Å². The number of anilines is 1. The first-order valence-corrected chi connectivity index (χ1v) is 9.64. The van der Waals surface area contributed by atoms with E-state index in [1.165, 1.54) is 0 Å². The van der Waals surface area contributed by atoms with Crippen LogP contribution in [0.4, 0.5) is 5.69 Å². The second-order valence-corrected chi connectivity index (χ2v) is 7.06. The molecule has 1 aromatic heterocycles. The van der Waals surface area contributed by atoms with Gasteiger partial charge in [-0.05, 0) is 36.6 Å². The molecule has 2 heterocycles. The lowest BCUT2D eigenvalue weighted by Gasteiger charge is -2.14. The molecule has 7 nitrogen and oxygen atoms in total. The van der Waals surface area contributed by atoms with Crippen molar-refractivity contribution in [3.05, 3.63) is 65.9 Å². The van der Waals surface area contributed by atoms with Crippen LogP contribution in [0.2, 0.25) is 0 Å². The van der Waals surface area contributed by atoms with Crippen molar-refractivity contribution in [2.75, 3.05) is 11.9 Å². The molecule has 3 aromatic rings. The molecule has 0 saturated heterocycles. The second-order valence-electron chi connectivity index (χ2n) is 7.06. The van der Waals surface area contributed by atoms with Gasteiger partial charge in [-0.25, -0.2) is 0 Å². The van der Waals surface area contributed by atoms with E-state index in [1.54, 1.807) is 24.3 Å². The summed E-state index contributed by atoms with van der Waals surface area (Å²) >= 11 is 0. The zero-order valence-corrected chi connectivity index (χ0v) is 15.8. The number of fused-ring (bicyclic) bond motifs is 2. The minimum Gasteiger partial charge on any atom is -0.361 e. The zero-order chi connectivity index (χ0) is 20.2. The lowest BCUT2D eigenvalue weighted by molar-refractivity contribution is -0.121. The quantitative estimate of drug-likeness (QED) is 0.519. The number of rotatable bonds is 6.